The van der Waals surface area contributed by atoms with E-state index in [1.165, 1.54) is 4.90 Å². The van der Waals surface area contributed by atoms with Crippen LogP contribution in [0.2, 0.25) is 0 Å². The molecule has 5 nitrogen and oxygen atoms in total. The Morgan fingerprint density at radius 2 is 1.65 bits per heavy atom. The molecule has 0 spiro atoms. The van der Waals surface area contributed by atoms with E-state index in [9.17, 15) is 31.1 Å². The van der Waals surface area contributed by atoms with E-state index < -0.39 is 41.0 Å². The van der Waals surface area contributed by atoms with E-state index in [-0.39, 0.29) is 12.6 Å². The van der Waals surface area contributed by atoms with Crippen LogP contribution in [0.3, 0.4) is 0 Å². The van der Waals surface area contributed by atoms with Gasteiger partial charge >= 0.3 is 12.4 Å². The third-order valence-corrected chi connectivity index (χ3v) is 7.55. The maximum absolute atomic E-state index is 13.6. The van der Waals surface area contributed by atoms with Crippen molar-refractivity contribution in [3.8, 4) is 0 Å². The van der Waals surface area contributed by atoms with E-state index in [0.717, 1.165) is 22.3 Å². The van der Waals surface area contributed by atoms with Crippen molar-refractivity contribution in [2.45, 2.75) is 45.2 Å². The molecule has 0 aliphatic carbocycles. The van der Waals surface area contributed by atoms with Crippen molar-refractivity contribution < 1.29 is 31.1 Å². The molecule has 0 radical (unpaired) electrons. The molecular formula is C32H34F6N4O. The average Bonchev–Trinajstić information content (AvgIpc) is 2.96. The van der Waals surface area contributed by atoms with Gasteiger partial charge in [-0.1, -0.05) is 36.4 Å². The maximum atomic E-state index is 13.6. The number of nitrogens with zero attached hydrogens (tertiary/aromatic N) is 3. The molecule has 3 aromatic rings. The standard InChI is InChI=1S/C32H34F6N4O/c1-22-7-8-24(14-23(22)2)15-29-21-41(11-4-3-9-39-19-25-6-5-10-40-20-25)12-13-42(29)30(43)26-16-27(31(33,34)35)18-28(17-26)32(36,37)38/h3-8,10,14,16-18,20,29,39H,9,11-13,15,19,21H2,1-2H3/b4-3+/t29-/m1/s1. The van der Waals surface area contributed by atoms with Crippen molar-refractivity contribution in [3.05, 3.63) is 112 Å². The van der Waals surface area contributed by atoms with Crippen LogP contribution in [0.5, 0.6) is 0 Å². The Kier molecular flexibility index (Phi) is 10.3. The lowest BCUT2D eigenvalue weighted by Crippen LogP contribution is -2.56. The molecule has 1 atom stereocenters. The van der Waals surface area contributed by atoms with Gasteiger partial charge in [-0.25, -0.2) is 0 Å². The molecule has 1 aliphatic heterocycles. The zero-order chi connectivity index (χ0) is 31.2. The first-order valence-corrected chi connectivity index (χ1v) is 13.9. The summed E-state index contributed by atoms with van der Waals surface area (Å²) in [5.74, 6) is -0.847. The van der Waals surface area contributed by atoms with Gasteiger partial charge < -0.3 is 10.2 Å². The van der Waals surface area contributed by atoms with Gasteiger partial charge in [0.1, 0.15) is 0 Å². The Bertz CT molecular complexity index is 1390. The molecule has 43 heavy (non-hydrogen) atoms. The third kappa shape index (κ3) is 8.90. The lowest BCUT2D eigenvalue weighted by Gasteiger charge is -2.41. The van der Waals surface area contributed by atoms with Crippen LogP contribution < -0.4 is 5.32 Å². The predicted octanol–water partition coefficient (Wildman–Crippen LogP) is 6.45. The molecule has 0 saturated carbocycles. The van der Waals surface area contributed by atoms with Crippen LogP contribution in [0.4, 0.5) is 26.3 Å². The summed E-state index contributed by atoms with van der Waals surface area (Å²) in [7, 11) is 0. The van der Waals surface area contributed by atoms with Gasteiger partial charge in [-0.05, 0) is 66.8 Å². The number of rotatable bonds is 9. The highest BCUT2D eigenvalue weighted by Gasteiger charge is 2.39. The van der Waals surface area contributed by atoms with Gasteiger partial charge in [0.2, 0.25) is 0 Å². The quantitative estimate of drug-likeness (QED) is 0.173. The Labute approximate surface area is 247 Å². The van der Waals surface area contributed by atoms with E-state index in [1.54, 1.807) is 12.4 Å². The molecule has 11 heteroatoms. The number of piperazine rings is 1. The summed E-state index contributed by atoms with van der Waals surface area (Å²) in [5, 5.41) is 3.30. The van der Waals surface area contributed by atoms with Crippen LogP contribution in [-0.2, 0) is 25.3 Å². The minimum Gasteiger partial charge on any atom is -0.333 e. The maximum Gasteiger partial charge on any atom is 0.416 e. The summed E-state index contributed by atoms with van der Waals surface area (Å²) in [4.78, 5) is 21.2. The molecule has 1 aromatic heterocycles. The van der Waals surface area contributed by atoms with Crippen LogP contribution in [0.15, 0.2) is 73.1 Å². The van der Waals surface area contributed by atoms with Crippen molar-refractivity contribution in [2.24, 2.45) is 0 Å². The highest BCUT2D eigenvalue weighted by Crippen LogP contribution is 2.37. The largest absolute Gasteiger partial charge is 0.416 e. The highest BCUT2D eigenvalue weighted by molar-refractivity contribution is 5.95. The first-order chi connectivity index (χ1) is 20.3. The van der Waals surface area contributed by atoms with E-state index in [1.807, 2.05) is 56.3 Å². The number of alkyl halides is 6. The second-order valence-corrected chi connectivity index (χ2v) is 10.8. The second kappa shape index (κ2) is 13.7. The molecule has 0 unspecified atom stereocenters. The van der Waals surface area contributed by atoms with E-state index in [4.69, 9.17) is 0 Å². The number of benzene rings is 2. The van der Waals surface area contributed by atoms with Crippen LogP contribution in [-0.4, -0.2) is 59.5 Å². The van der Waals surface area contributed by atoms with Gasteiger partial charge in [0.15, 0.2) is 0 Å². The molecule has 1 saturated heterocycles. The van der Waals surface area contributed by atoms with Crippen molar-refractivity contribution in [1.82, 2.24) is 20.1 Å². The SMILES string of the molecule is Cc1ccc(C[C@@H]2CN(C/C=C/CNCc3cccnc3)CCN2C(=O)c2cc(C(F)(F)F)cc(C(F)(F)F)c2)cc1C. The first-order valence-electron chi connectivity index (χ1n) is 13.9. The zero-order valence-corrected chi connectivity index (χ0v) is 24.0. The minimum absolute atomic E-state index is 0.0409. The number of halogens is 6. The number of nitrogens with one attached hydrogen (secondary N) is 1. The fourth-order valence-electron chi connectivity index (χ4n) is 5.08. The van der Waals surface area contributed by atoms with Crippen molar-refractivity contribution in [3.63, 3.8) is 0 Å². The summed E-state index contributed by atoms with van der Waals surface area (Å²) in [6, 6.07) is 10.3. The van der Waals surface area contributed by atoms with Gasteiger partial charge in [0.05, 0.1) is 11.1 Å². The van der Waals surface area contributed by atoms with E-state index >= 15 is 0 Å². The summed E-state index contributed by atoms with van der Waals surface area (Å²) in [5.41, 5.74) is 0.511. The lowest BCUT2D eigenvalue weighted by molar-refractivity contribution is -0.143. The number of pyridine rings is 1. The average molecular weight is 605 g/mol. The van der Waals surface area contributed by atoms with Crippen molar-refractivity contribution >= 4 is 5.91 Å². The summed E-state index contributed by atoms with van der Waals surface area (Å²) < 4.78 is 81.0. The number of aryl methyl sites for hydroxylation is 2. The first kappa shape index (κ1) is 32.2. The monoisotopic (exact) mass is 604 g/mol. The zero-order valence-electron chi connectivity index (χ0n) is 24.0. The van der Waals surface area contributed by atoms with Gasteiger partial charge in [0, 0.05) is 63.3 Å². The smallest absolute Gasteiger partial charge is 0.333 e. The number of carbonyl (C=O) groups excluding carboxylic acids is 1. The van der Waals surface area contributed by atoms with Gasteiger partial charge in [0.25, 0.3) is 5.91 Å². The number of amides is 1. The number of hydrogen-bond acceptors (Lipinski definition) is 4. The van der Waals surface area contributed by atoms with E-state index in [0.29, 0.717) is 51.3 Å². The molecule has 0 bridgehead atoms. The summed E-state index contributed by atoms with van der Waals surface area (Å²) in [6.07, 6.45) is -2.17. The summed E-state index contributed by atoms with van der Waals surface area (Å²) >= 11 is 0. The van der Waals surface area contributed by atoms with Crippen LogP contribution in [0.1, 0.15) is 43.7 Å². The van der Waals surface area contributed by atoms with Crippen LogP contribution in [0.25, 0.3) is 0 Å². The van der Waals surface area contributed by atoms with Crippen molar-refractivity contribution in [2.75, 3.05) is 32.7 Å². The molecule has 1 aliphatic rings. The summed E-state index contributed by atoms with van der Waals surface area (Å²) in [6.45, 7) is 6.83. The Hall–Kier alpha value is -3.70. The van der Waals surface area contributed by atoms with Crippen LogP contribution in [0, 0.1) is 13.8 Å². The number of aromatic nitrogens is 1. The third-order valence-electron chi connectivity index (χ3n) is 7.55. The Morgan fingerprint density at radius 3 is 2.28 bits per heavy atom. The molecule has 230 valence electrons. The van der Waals surface area contributed by atoms with Crippen LogP contribution >= 0.6 is 0 Å². The Balaban J connectivity index is 1.51. The topological polar surface area (TPSA) is 48.5 Å². The molecule has 1 N–H and O–H groups in total. The normalized spacial score (nSPS) is 16.7. The molecule has 2 aromatic carbocycles. The number of carbonyl (C=O) groups is 1. The van der Waals surface area contributed by atoms with Crippen molar-refractivity contribution in [1.29, 1.82) is 0 Å². The molecule has 1 amide bonds. The molecular weight excluding hydrogens is 570 g/mol. The predicted molar refractivity (Wildman–Crippen MR) is 152 cm³/mol. The van der Waals surface area contributed by atoms with Gasteiger partial charge in [-0.15, -0.1) is 0 Å². The second-order valence-electron chi connectivity index (χ2n) is 10.8. The Morgan fingerprint density at radius 1 is 0.930 bits per heavy atom. The molecule has 1 fully saturated rings. The molecule has 4 rings (SSSR count). The van der Waals surface area contributed by atoms with Gasteiger partial charge in [-0.2, -0.15) is 26.3 Å². The number of hydrogen-bond donors (Lipinski definition) is 1. The minimum atomic E-state index is -5.03. The fraction of sp³-hybridized carbons (Fsp3) is 0.375. The van der Waals surface area contributed by atoms with E-state index in [2.05, 4.69) is 15.2 Å². The fourth-order valence-corrected chi connectivity index (χ4v) is 5.08. The lowest BCUT2D eigenvalue weighted by atomic mass is 9.97. The molecule has 2 heterocycles. The van der Waals surface area contributed by atoms with Gasteiger partial charge in [-0.3, -0.25) is 14.7 Å². The highest BCUT2D eigenvalue weighted by atomic mass is 19.4.